The summed E-state index contributed by atoms with van der Waals surface area (Å²) in [4.78, 5) is 4.43. The van der Waals surface area contributed by atoms with Crippen LogP contribution in [0.5, 0.6) is 0 Å². The van der Waals surface area contributed by atoms with E-state index in [1.807, 2.05) is 25.4 Å². The third kappa shape index (κ3) is 2.76. The minimum Gasteiger partial charge on any atom is -0.341 e. The normalized spacial score (nSPS) is 11.1. The second kappa shape index (κ2) is 5.77. The average Bonchev–Trinajstić information content (AvgIpc) is 2.84. The number of pyridine rings is 1. The predicted molar refractivity (Wildman–Crippen MR) is 85.7 cm³/mol. The summed E-state index contributed by atoms with van der Waals surface area (Å²) in [6, 6.07) is 12.8. The molecule has 0 aliphatic carbocycles. The van der Waals surface area contributed by atoms with E-state index in [-0.39, 0.29) is 0 Å². The van der Waals surface area contributed by atoms with Crippen LogP contribution in [0, 0.1) is 0 Å². The lowest BCUT2D eigenvalue weighted by molar-refractivity contribution is 0.804. The van der Waals surface area contributed by atoms with Crippen molar-refractivity contribution >= 4 is 26.8 Å². The van der Waals surface area contributed by atoms with Gasteiger partial charge in [-0.1, -0.05) is 6.07 Å². The third-order valence-electron chi connectivity index (χ3n) is 3.34. The van der Waals surface area contributed by atoms with Gasteiger partial charge in [0.25, 0.3) is 0 Å². The predicted octanol–water partition coefficient (Wildman–Crippen LogP) is 3.57. The lowest BCUT2D eigenvalue weighted by atomic mass is 10.1. The first kappa shape index (κ1) is 13.3. The molecular weight excluding hydrogens is 314 g/mol. The number of fused-ring (bicyclic) bond motifs is 1. The molecule has 2 heterocycles. The van der Waals surface area contributed by atoms with E-state index < -0.39 is 0 Å². The van der Waals surface area contributed by atoms with Crippen molar-refractivity contribution in [1.82, 2.24) is 14.9 Å². The van der Waals surface area contributed by atoms with Gasteiger partial charge in [0, 0.05) is 28.9 Å². The van der Waals surface area contributed by atoms with Gasteiger partial charge in [-0.3, -0.25) is 4.98 Å². The van der Waals surface area contributed by atoms with Crippen LogP contribution < -0.4 is 5.32 Å². The van der Waals surface area contributed by atoms with Crippen molar-refractivity contribution < 1.29 is 0 Å². The van der Waals surface area contributed by atoms with Crippen LogP contribution in [0.1, 0.15) is 11.3 Å². The Morgan fingerprint density at radius 2 is 2.10 bits per heavy atom. The van der Waals surface area contributed by atoms with Gasteiger partial charge in [0.1, 0.15) is 0 Å². The monoisotopic (exact) mass is 329 g/mol. The number of halogens is 1. The number of hydrogen-bond acceptors (Lipinski definition) is 2. The van der Waals surface area contributed by atoms with E-state index >= 15 is 0 Å². The summed E-state index contributed by atoms with van der Waals surface area (Å²) in [5, 5.41) is 4.45. The van der Waals surface area contributed by atoms with Crippen LogP contribution in [-0.4, -0.2) is 16.6 Å². The number of rotatable bonds is 4. The molecule has 3 nitrogen and oxygen atoms in total. The SMILES string of the molecule is CNCc1ccc2c(ccn2Cc2ccc(Br)cn2)c1. The van der Waals surface area contributed by atoms with Crippen molar-refractivity contribution in [2.24, 2.45) is 0 Å². The molecule has 0 saturated carbocycles. The van der Waals surface area contributed by atoms with Gasteiger partial charge in [0.15, 0.2) is 0 Å². The Labute approximate surface area is 126 Å². The molecule has 0 spiro atoms. The Morgan fingerprint density at radius 3 is 2.85 bits per heavy atom. The van der Waals surface area contributed by atoms with Crippen LogP contribution in [0.3, 0.4) is 0 Å². The molecule has 0 unspecified atom stereocenters. The first-order valence-corrected chi connectivity index (χ1v) is 7.38. The molecule has 0 bridgehead atoms. The quantitative estimate of drug-likeness (QED) is 0.793. The van der Waals surface area contributed by atoms with Gasteiger partial charge < -0.3 is 9.88 Å². The minimum absolute atomic E-state index is 0.794. The van der Waals surface area contributed by atoms with Gasteiger partial charge in [0.2, 0.25) is 0 Å². The average molecular weight is 330 g/mol. The van der Waals surface area contributed by atoms with Crippen LogP contribution in [0.15, 0.2) is 53.3 Å². The molecule has 1 N–H and O–H groups in total. The molecule has 102 valence electrons. The molecule has 20 heavy (non-hydrogen) atoms. The van der Waals surface area contributed by atoms with Gasteiger partial charge in [-0.2, -0.15) is 0 Å². The highest BCUT2D eigenvalue weighted by Crippen LogP contribution is 2.19. The number of aromatic nitrogens is 2. The zero-order chi connectivity index (χ0) is 13.9. The van der Waals surface area contributed by atoms with Crippen LogP contribution in [0.4, 0.5) is 0 Å². The smallest absolute Gasteiger partial charge is 0.0648 e. The van der Waals surface area contributed by atoms with Crippen molar-refractivity contribution in [2.45, 2.75) is 13.1 Å². The van der Waals surface area contributed by atoms with Crippen LogP contribution in [0.2, 0.25) is 0 Å². The summed E-state index contributed by atoms with van der Waals surface area (Å²) in [6.45, 7) is 1.69. The molecule has 4 heteroatoms. The van der Waals surface area contributed by atoms with Crippen LogP contribution >= 0.6 is 15.9 Å². The van der Waals surface area contributed by atoms with Gasteiger partial charge in [-0.25, -0.2) is 0 Å². The van der Waals surface area contributed by atoms with E-state index in [4.69, 9.17) is 0 Å². The lowest BCUT2D eigenvalue weighted by Crippen LogP contribution is -2.04. The maximum Gasteiger partial charge on any atom is 0.0648 e. The number of nitrogens with one attached hydrogen (secondary N) is 1. The zero-order valence-electron chi connectivity index (χ0n) is 11.3. The van der Waals surface area contributed by atoms with Crippen molar-refractivity contribution in [2.75, 3.05) is 7.05 Å². The van der Waals surface area contributed by atoms with E-state index in [1.165, 1.54) is 16.5 Å². The fourth-order valence-corrected chi connectivity index (χ4v) is 2.61. The summed E-state index contributed by atoms with van der Waals surface area (Å²) in [5.74, 6) is 0. The summed E-state index contributed by atoms with van der Waals surface area (Å²) in [7, 11) is 1.97. The summed E-state index contributed by atoms with van der Waals surface area (Å²) < 4.78 is 3.24. The fraction of sp³-hybridized carbons (Fsp3) is 0.188. The molecule has 0 aliphatic heterocycles. The van der Waals surface area contributed by atoms with E-state index in [0.29, 0.717) is 0 Å². The topological polar surface area (TPSA) is 29.9 Å². The van der Waals surface area contributed by atoms with Gasteiger partial charge >= 0.3 is 0 Å². The highest BCUT2D eigenvalue weighted by molar-refractivity contribution is 9.10. The van der Waals surface area contributed by atoms with Gasteiger partial charge in [-0.15, -0.1) is 0 Å². The van der Waals surface area contributed by atoms with E-state index in [2.05, 4.69) is 61.3 Å². The molecule has 0 radical (unpaired) electrons. The molecule has 2 aromatic heterocycles. The molecule has 0 amide bonds. The molecule has 3 rings (SSSR count). The van der Waals surface area contributed by atoms with Crippen molar-refractivity contribution in [3.63, 3.8) is 0 Å². The highest BCUT2D eigenvalue weighted by atomic mass is 79.9. The first-order chi connectivity index (χ1) is 9.76. The molecule has 0 aliphatic rings. The van der Waals surface area contributed by atoms with Crippen molar-refractivity contribution in [3.05, 3.63) is 64.5 Å². The fourth-order valence-electron chi connectivity index (χ4n) is 2.38. The highest BCUT2D eigenvalue weighted by Gasteiger charge is 2.03. The summed E-state index contributed by atoms with van der Waals surface area (Å²) in [5.41, 5.74) is 3.61. The van der Waals surface area contributed by atoms with Crippen molar-refractivity contribution in [3.8, 4) is 0 Å². The standard InChI is InChI=1S/C16H16BrN3/c1-18-9-12-2-5-16-13(8-12)6-7-20(16)11-15-4-3-14(17)10-19-15/h2-8,10,18H,9,11H2,1H3. The largest absolute Gasteiger partial charge is 0.341 e. The Hall–Kier alpha value is -1.65. The van der Waals surface area contributed by atoms with Crippen LogP contribution in [0.25, 0.3) is 10.9 Å². The molecule has 0 atom stereocenters. The van der Waals surface area contributed by atoms with Gasteiger partial charge in [-0.05, 0) is 64.3 Å². The van der Waals surface area contributed by atoms with Crippen molar-refractivity contribution in [1.29, 1.82) is 0 Å². The number of nitrogens with zero attached hydrogens (tertiary/aromatic N) is 2. The maximum atomic E-state index is 4.43. The summed E-state index contributed by atoms with van der Waals surface area (Å²) in [6.07, 6.45) is 3.96. The molecule has 0 saturated heterocycles. The molecule has 3 aromatic rings. The Bertz CT molecular complexity index is 716. The van der Waals surface area contributed by atoms with E-state index in [9.17, 15) is 0 Å². The molecule has 0 fully saturated rings. The Balaban J connectivity index is 1.90. The Morgan fingerprint density at radius 1 is 1.20 bits per heavy atom. The second-order valence-corrected chi connectivity index (χ2v) is 5.75. The van der Waals surface area contributed by atoms with Gasteiger partial charge in [0.05, 0.1) is 12.2 Å². The minimum atomic E-state index is 0.794. The second-order valence-electron chi connectivity index (χ2n) is 4.83. The lowest BCUT2D eigenvalue weighted by Gasteiger charge is -2.06. The summed E-state index contributed by atoms with van der Waals surface area (Å²) >= 11 is 3.41. The Kier molecular flexibility index (Phi) is 3.85. The van der Waals surface area contributed by atoms with E-state index in [0.717, 1.165) is 23.3 Å². The van der Waals surface area contributed by atoms with Crippen LogP contribution in [-0.2, 0) is 13.1 Å². The zero-order valence-corrected chi connectivity index (χ0v) is 12.9. The number of benzene rings is 1. The maximum absolute atomic E-state index is 4.43. The molecular formula is C16H16BrN3. The number of hydrogen-bond donors (Lipinski definition) is 1. The van der Waals surface area contributed by atoms with E-state index in [1.54, 1.807) is 0 Å². The third-order valence-corrected chi connectivity index (χ3v) is 3.81. The molecule has 1 aromatic carbocycles. The first-order valence-electron chi connectivity index (χ1n) is 6.59.